The molecule has 1 aliphatic rings. The first-order chi connectivity index (χ1) is 6.43. The number of rotatable bonds is 3. The molecule has 0 saturated heterocycles. The predicted octanol–water partition coefficient (Wildman–Crippen LogP) is -0.435. The Kier molecular flexibility index (Phi) is 2.69. The average molecular weight is 196 g/mol. The summed E-state index contributed by atoms with van der Waals surface area (Å²) in [7, 11) is 0. The maximum absolute atomic E-state index is 11.4. The van der Waals surface area contributed by atoms with Crippen LogP contribution in [0.25, 0.3) is 0 Å². The number of nitrogens with two attached hydrogens (primary N) is 1. The maximum atomic E-state index is 11.4. The highest BCUT2D eigenvalue weighted by Crippen LogP contribution is 2.16. The van der Waals surface area contributed by atoms with Gasteiger partial charge in [0.25, 0.3) is 11.8 Å². The fourth-order valence-electron chi connectivity index (χ4n) is 1.41. The van der Waals surface area contributed by atoms with Crippen LogP contribution in [0.15, 0.2) is 11.6 Å². The lowest BCUT2D eigenvalue weighted by molar-refractivity contribution is -0.140. The van der Waals surface area contributed by atoms with E-state index in [-0.39, 0.29) is 18.2 Å². The van der Waals surface area contributed by atoms with Gasteiger partial charge in [-0.25, -0.2) is 0 Å². The molecule has 0 bridgehead atoms. The summed E-state index contributed by atoms with van der Waals surface area (Å²) in [6, 6.07) is -0.471. The lowest BCUT2D eigenvalue weighted by atomic mass is 10.2. The number of carbonyl (C=O) groups excluding carboxylic acids is 3. The molecule has 1 heterocycles. The van der Waals surface area contributed by atoms with Crippen molar-refractivity contribution in [3.8, 4) is 0 Å². The molecule has 0 aromatic carbocycles. The van der Waals surface area contributed by atoms with Crippen molar-refractivity contribution in [3.05, 3.63) is 11.6 Å². The van der Waals surface area contributed by atoms with Crippen LogP contribution in [0.2, 0.25) is 0 Å². The Bertz CT molecular complexity index is 333. The Morgan fingerprint density at radius 2 is 2.14 bits per heavy atom. The number of primary amides is 1. The van der Waals surface area contributed by atoms with Crippen LogP contribution in [0.5, 0.6) is 0 Å². The Morgan fingerprint density at radius 3 is 2.50 bits per heavy atom. The smallest absolute Gasteiger partial charge is 0.256 e. The number of hydrogen-bond donors (Lipinski definition) is 1. The van der Waals surface area contributed by atoms with Gasteiger partial charge in [0.05, 0.1) is 0 Å². The van der Waals surface area contributed by atoms with E-state index in [2.05, 4.69) is 0 Å². The maximum Gasteiger partial charge on any atom is 0.256 e. The average Bonchev–Trinajstić information content (AvgIpc) is 2.25. The van der Waals surface area contributed by atoms with Gasteiger partial charge in [-0.15, -0.1) is 0 Å². The summed E-state index contributed by atoms with van der Waals surface area (Å²) in [6.45, 7) is 3.18. The summed E-state index contributed by atoms with van der Waals surface area (Å²) in [5.74, 6) is -1.24. The molecule has 0 spiro atoms. The number of carbonyl (C=O) groups is 3. The van der Waals surface area contributed by atoms with Gasteiger partial charge in [-0.2, -0.15) is 0 Å². The first-order valence-corrected chi connectivity index (χ1v) is 4.27. The van der Waals surface area contributed by atoms with E-state index in [9.17, 15) is 14.4 Å². The summed E-state index contributed by atoms with van der Waals surface area (Å²) in [6.07, 6.45) is 1.26. The largest absolute Gasteiger partial charge is 0.370 e. The molecule has 5 nitrogen and oxygen atoms in total. The van der Waals surface area contributed by atoms with Crippen LogP contribution in [-0.4, -0.2) is 28.7 Å². The van der Waals surface area contributed by atoms with Gasteiger partial charge >= 0.3 is 0 Å². The minimum Gasteiger partial charge on any atom is -0.370 e. The van der Waals surface area contributed by atoms with E-state index in [1.165, 1.54) is 6.08 Å². The summed E-state index contributed by atoms with van der Waals surface area (Å²) in [5, 5.41) is 0. The summed E-state index contributed by atoms with van der Waals surface area (Å²) < 4.78 is 0. The zero-order valence-corrected chi connectivity index (χ0v) is 8.11. The van der Waals surface area contributed by atoms with Crippen LogP contribution in [0, 0.1) is 0 Å². The molecular formula is C9H12N2O3. The molecule has 0 fully saturated rings. The predicted molar refractivity (Wildman–Crippen MR) is 48.9 cm³/mol. The van der Waals surface area contributed by atoms with Crippen molar-refractivity contribution in [1.29, 1.82) is 0 Å². The van der Waals surface area contributed by atoms with Gasteiger partial charge < -0.3 is 5.73 Å². The molecule has 76 valence electrons. The van der Waals surface area contributed by atoms with Gasteiger partial charge in [-0.05, 0) is 13.8 Å². The highest BCUT2D eigenvalue weighted by molar-refractivity contribution is 6.16. The first kappa shape index (κ1) is 10.4. The van der Waals surface area contributed by atoms with E-state index in [1.54, 1.807) is 13.8 Å². The minimum absolute atomic E-state index is 0.00139. The highest BCUT2D eigenvalue weighted by atomic mass is 16.2. The molecule has 1 atom stereocenters. The lowest BCUT2D eigenvalue weighted by Crippen LogP contribution is -2.40. The van der Waals surface area contributed by atoms with Gasteiger partial charge in [0, 0.05) is 24.1 Å². The van der Waals surface area contributed by atoms with Crippen LogP contribution >= 0.6 is 0 Å². The quantitative estimate of drug-likeness (QED) is 0.621. The minimum atomic E-state index is -0.525. The Morgan fingerprint density at radius 1 is 1.57 bits per heavy atom. The molecule has 0 aliphatic carbocycles. The van der Waals surface area contributed by atoms with Crippen molar-refractivity contribution in [2.45, 2.75) is 26.3 Å². The van der Waals surface area contributed by atoms with E-state index >= 15 is 0 Å². The monoisotopic (exact) mass is 196 g/mol. The second-order valence-electron chi connectivity index (χ2n) is 3.36. The molecule has 0 saturated carbocycles. The standard InChI is InChI=1S/C9H12N2O3/c1-5-3-8(13)11(9(5)14)6(2)4-7(10)12/h3,6H,4H2,1-2H3,(H2,10,12). The van der Waals surface area contributed by atoms with Crippen molar-refractivity contribution >= 4 is 17.7 Å². The second kappa shape index (κ2) is 3.61. The third-order valence-electron chi connectivity index (χ3n) is 2.07. The lowest BCUT2D eigenvalue weighted by Gasteiger charge is -2.21. The normalized spacial score (nSPS) is 18.4. The van der Waals surface area contributed by atoms with Crippen molar-refractivity contribution in [2.75, 3.05) is 0 Å². The molecule has 0 radical (unpaired) electrons. The number of hydrogen-bond acceptors (Lipinski definition) is 3. The van der Waals surface area contributed by atoms with E-state index in [0.29, 0.717) is 5.57 Å². The summed E-state index contributed by atoms with van der Waals surface area (Å²) in [4.78, 5) is 34.4. The van der Waals surface area contributed by atoms with Crippen LogP contribution < -0.4 is 5.73 Å². The molecule has 3 amide bonds. The summed E-state index contributed by atoms with van der Waals surface area (Å²) >= 11 is 0. The highest BCUT2D eigenvalue weighted by Gasteiger charge is 2.32. The van der Waals surface area contributed by atoms with Crippen molar-refractivity contribution in [2.24, 2.45) is 5.73 Å². The fraction of sp³-hybridized carbons (Fsp3) is 0.444. The topological polar surface area (TPSA) is 80.5 Å². The van der Waals surface area contributed by atoms with Crippen molar-refractivity contribution in [1.82, 2.24) is 4.90 Å². The van der Waals surface area contributed by atoms with Gasteiger partial charge in [0.2, 0.25) is 5.91 Å². The molecule has 1 rings (SSSR count). The molecule has 0 aromatic rings. The van der Waals surface area contributed by atoms with Crippen LogP contribution in [0.3, 0.4) is 0 Å². The van der Waals surface area contributed by atoms with Crippen LogP contribution in [0.4, 0.5) is 0 Å². The van der Waals surface area contributed by atoms with Gasteiger partial charge in [-0.3, -0.25) is 19.3 Å². The summed E-state index contributed by atoms with van der Waals surface area (Å²) in [5.41, 5.74) is 5.38. The Balaban J connectivity index is 2.76. The van der Waals surface area contributed by atoms with Gasteiger partial charge in [0.1, 0.15) is 0 Å². The van der Waals surface area contributed by atoms with Gasteiger partial charge in [0.15, 0.2) is 0 Å². The Labute approximate surface area is 81.5 Å². The van der Waals surface area contributed by atoms with Crippen molar-refractivity contribution < 1.29 is 14.4 Å². The molecule has 1 aliphatic heterocycles. The number of amides is 3. The molecular weight excluding hydrogens is 184 g/mol. The third kappa shape index (κ3) is 1.81. The van der Waals surface area contributed by atoms with Gasteiger partial charge in [-0.1, -0.05) is 0 Å². The zero-order valence-electron chi connectivity index (χ0n) is 8.11. The molecule has 5 heteroatoms. The zero-order chi connectivity index (χ0) is 10.9. The third-order valence-corrected chi connectivity index (χ3v) is 2.07. The Hall–Kier alpha value is -1.65. The van der Waals surface area contributed by atoms with E-state index < -0.39 is 11.9 Å². The number of nitrogens with zero attached hydrogens (tertiary/aromatic N) is 1. The van der Waals surface area contributed by atoms with E-state index in [0.717, 1.165) is 4.90 Å². The SMILES string of the molecule is CC1=CC(=O)N(C(C)CC(N)=O)C1=O. The van der Waals surface area contributed by atoms with Crippen molar-refractivity contribution in [3.63, 3.8) is 0 Å². The fourth-order valence-corrected chi connectivity index (χ4v) is 1.41. The van der Waals surface area contributed by atoms with Crippen LogP contribution in [-0.2, 0) is 14.4 Å². The molecule has 2 N–H and O–H groups in total. The van der Waals surface area contributed by atoms with E-state index in [4.69, 9.17) is 5.73 Å². The number of imide groups is 1. The molecule has 1 unspecified atom stereocenters. The first-order valence-electron chi connectivity index (χ1n) is 4.27. The van der Waals surface area contributed by atoms with E-state index in [1.807, 2.05) is 0 Å². The van der Waals surface area contributed by atoms with Crippen LogP contribution in [0.1, 0.15) is 20.3 Å². The second-order valence-corrected chi connectivity index (χ2v) is 3.36. The molecule has 14 heavy (non-hydrogen) atoms. The molecule has 0 aromatic heterocycles.